The van der Waals surface area contributed by atoms with Gasteiger partial charge in [-0.05, 0) is 49.2 Å². The molecule has 4 rings (SSSR count). The first kappa shape index (κ1) is 20.0. The highest BCUT2D eigenvalue weighted by atomic mass is 35.5. The maximum atomic E-state index is 13.2. The van der Waals surface area contributed by atoms with Crippen LogP contribution in [0.2, 0.25) is 5.02 Å². The first-order valence-corrected chi connectivity index (χ1v) is 11.2. The number of benzene rings is 2. The number of aromatic nitrogens is 2. The van der Waals surface area contributed by atoms with Gasteiger partial charge in [0.15, 0.2) is 5.16 Å². The molecule has 2 aromatic carbocycles. The smallest absolute Gasteiger partial charge is 0.266 e. The predicted molar refractivity (Wildman–Crippen MR) is 118 cm³/mol. The average Bonchev–Trinajstić information content (AvgIpc) is 3.03. The molecule has 150 valence electrons. The summed E-state index contributed by atoms with van der Waals surface area (Å²) >= 11 is 7.33. The zero-order valence-electron chi connectivity index (χ0n) is 16.0. The summed E-state index contributed by atoms with van der Waals surface area (Å²) in [6.45, 7) is 1.63. The van der Waals surface area contributed by atoms with Crippen molar-refractivity contribution in [1.29, 1.82) is 0 Å². The van der Waals surface area contributed by atoms with E-state index >= 15 is 0 Å². The number of carbonyl (C=O) groups is 1. The normalized spacial score (nSPS) is 14.7. The number of para-hydroxylation sites is 1. The molecule has 0 N–H and O–H groups in total. The van der Waals surface area contributed by atoms with Crippen LogP contribution in [0.4, 0.5) is 0 Å². The largest absolute Gasteiger partial charge is 0.342 e. The van der Waals surface area contributed by atoms with Crippen LogP contribution in [0.25, 0.3) is 16.6 Å². The van der Waals surface area contributed by atoms with E-state index in [1.54, 1.807) is 34.9 Å². The van der Waals surface area contributed by atoms with Gasteiger partial charge in [0.05, 0.1) is 22.3 Å². The van der Waals surface area contributed by atoms with E-state index in [9.17, 15) is 9.59 Å². The summed E-state index contributed by atoms with van der Waals surface area (Å²) in [6, 6.07) is 14.4. The second-order valence-electron chi connectivity index (χ2n) is 7.11. The van der Waals surface area contributed by atoms with Crippen LogP contribution >= 0.6 is 23.4 Å². The SMILES string of the molecule is O=C(CSc1nc2ccccc2c(=O)n1-c1ccc(Cl)cc1)N1CCCCCC1. The summed E-state index contributed by atoms with van der Waals surface area (Å²) in [4.78, 5) is 32.6. The Labute approximate surface area is 178 Å². The molecule has 29 heavy (non-hydrogen) atoms. The van der Waals surface area contributed by atoms with Crippen molar-refractivity contribution < 1.29 is 4.79 Å². The van der Waals surface area contributed by atoms with Crippen molar-refractivity contribution in [2.24, 2.45) is 0 Å². The molecule has 1 amide bonds. The van der Waals surface area contributed by atoms with Crippen LogP contribution < -0.4 is 5.56 Å². The van der Waals surface area contributed by atoms with Crippen molar-refractivity contribution in [1.82, 2.24) is 14.5 Å². The molecule has 0 atom stereocenters. The van der Waals surface area contributed by atoms with E-state index in [0.29, 0.717) is 26.8 Å². The maximum absolute atomic E-state index is 13.2. The third kappa shape index (κ3) is 4.49. The Morgan fingerprint density at radius 2 is 1.69 bits per heavy atom. The van der Waals surface area contributed by atoms with E-state index in [2.05, 4.69) is 0 Å². The van der Waals surface area contributed by atoms with Crippen LogP contribution in [0, 0.1) is 0 Å². The molecule has 1 fully saturated rings. The van der Waals surface area contributed by atoms with Crippen LogP contribution in [0.1, 0.15) is 25.7 Å². The fourth-order valence-electron chi connectivity index (χ4n) is 3.56. The summed E-state index contributed by atoms with van der Waals surface area (Å²) in [5, 5.41) is 1.66. The summed E-state index contributed by atoms with van der Waals surface area (Å²) in [5.74, 6) is 0.361. The number of hydrogen-bond acceptors (Lipinski definition) is 4. The molecule has 0 aliphatic carbocycles. The third-order valence-electron chi connectivity index (χ3n) is 5.11. The van der Waals surface area contributed by atoms with Crippen molar-refractivity contribution in [2.45, 2.75) is 30.8 Å². The first-order valence-electron chi connectivity index (χ1n) is 9.82. The molecule has 0 unspecified atom stereocenters. The van der Waals surface area contributed by atoms with Gasteiger partial charge in [0.1, 0.15) is 0 Å². The molecular weight excluding hydrogens is 406 g/mol. The van der Waals surface area contributed by atoms with Gasteiger partial charge in [-0.3, -0.25) is 14.2 Å². The fourth-order valence-corrected chi connectivity index (χ4v) is 4.61. The third-order valence-corrected chi connectivity index (χ3v) is 6.29. The number of halogens is 1. The molecule has 3 aromatic rings. The number of likely N-dealkylation sites (tertiary alicyclic amines) is 1. The molecule has 0 spiro atoms. The molecular formula is C22H22ClN3O2S. The highest BCUT2D eigenvalue weighted by Crippen LogP contribution is 2.23. The minimum absolute atomic E-state index is 0.0990. The van der Waals surface area contributed by atoms with Crippen molar-refractivity contribution in [2.75, 3.05) is 18.8 Å². The maximum Gasteiger partial charge on any atom is 0.266 e. The molecule has 0 bridgehead atoms. The van der Waals surface area contributed by atoms with E-state index in [-0.39, 0.29) is 17.2 Å². The topological polar surface area (TPSA) is 55.2 Å². The van der Waals surface area contributed by atoms with Gasteiger partial charge in [-0.25, -0.2) is 4.98 Å². The minimum Gasteiger partial charge on any atom is -0.342 e. The lowest BCUT2D eigenvalue weighted by atomic mass is 10.2. The Morgan fingerprint density at radius 1 is 1.00 bits per heavy atom. The quantitative estimate of drug-likeness (QED) is 0.453. The zero-order valence-corrected chi connectivity index (χ0v) is 17.6. The van der Waals surface area contributed by atoms with Gasteiger partial charge < -0.3 is 4.90 Å². The standard InChI is InChI=1S/C22H22ClN3O2S/c23-16-9-11-17(12-10-16)26-21(28)18-7-3-4-8-19(18)24-22(26)29-15-20(27)25-13-5-1-2-6-14-25/h3-4,7-12H,1-2,5-6,13-15H2. The molecule has 1 aromatic heterocycles. The van der Waals surface area contributed by atoms with E-state index in [0.717, 1.165) is 25.9 Å². The number of nitrogens with zero attached hydrogens (tertiary/aromatic N) is 3. The lowest BCUT2D eigenvalue weighted by Crippen LogP contribution is -2.33. The van der Waals surface area contributed by atoms with Crippen LogP contribution in [0.5, 0.6) is 0 Å². The van der Waals surface area contributed by atoms with Crippen molar-refractivity contribution in [3.8, 4) is 5.69 Å². The lowest BCUT2D eigenvalue weighted by molar-refractivity contribution is -0.128. The van der Waals surface area contributed by atoms with E-state index in [1.807, 2.05) is 23.1 Å². The number of thioether (sulfide) groups is 1. The van der Waals surface area contributed by atoms with Crippen molar-refractivity contribution >= 4 is 40.2 Å². The molecule has 5 nitrogen and oxygen atoms in total. The molecule has 1 saturated heterocycles. The van der Waals surface area contributed by atoms with E-state index in [4.69, 9.17) is 16.6 Å². The summed E-state index contributed by atoms with van der Waals surface area (Å²) in [7, 11) is 0. The average molecular weight is 428 g/mol. The Morgan fingerprint density at radius 3 is 2.41 bits per heavy atom. The van der Waals surface area contributed by atoms with Gasteiger partial charge in [0.2, 0.25) is 5.91 Å². The Hall–Kier alpha value is -2.31. The summed E-state index contributed by atoms with van der Waals surface area (Å²) < 4.78 is 1.57. The zero-order chi connectivity index (χ0) is 20.2. The van der Waals surface area contributed by atoms with Gasteiger partial charge in [-0.15, -0.1) is 0 Å². The van der Waals surface area contributed by atoms with Gasteiger partial charge >= 0.3 is 0 Å². The number of fused-ring (bicyclic) bond motifs is 1. The Bertz CT molecular complexity index is 1070. The molecule has 1 aliphatic rings. The van der Waals surface area contributed by atoms with Crippen LogP contribution in [-0.4, -0.2) is 39.2 Å². The van der Waals surface area contributed by atoms with Crippen LogP contribution in [-0.2, 0) is 4.79 Å². The van der Waals surface area contributed by atoms with Crippen LogP contribution in [0.15, 0.2) is 58.5 Å². The Kier molecular flexibility index (Phi) is 6.21. The monoisotopic (exact) mass is 427 g/mol. The van der Waals surface area contributed by atoms with Gasteiger partial charge in [-0.2, -0.15) is 0 Å². The minimum atomic E-state index is -0.150. The van der Waals surface area contributed by atoms with Crippen LogP contribution in [0.3, 0.4) is 0 Å². The molecule has 1 aliphatic heterocycles. The number of amides is 1. The molecule has 0 saturated carbocycles. The summed E-state index contributed by atoms with van der Waals surface area (Å²) in [5.41, 5.74) is 1.16. The molecule has 2 heterocycles. The first-order chi connectivity index (χ1) is 14.1. The number of rotatable bonds is 4. The lowest BCUT2D eigenvalue weighted by Gasteiger charge is -2.20. The van der Waals surface area contributed by atoms with Gasteiger partial charge in [-0.1, -0.05) is 48.3 Å². The Balaban J connectivity index is 1.68. The molecule has 7 heteroatoms. The molecule has 0 radical (unpaired) electrons. The second-order valence-corrected chi connectivity index (χ2v) is 8.49. The van der Waals surface area contributed by atoms with Gasteiger partial charge in [0, 0.05) is 18.1 Å². The summed E-state index contributed by atoms with van der Waals surface area (Å²) in [6.07, 6.45) is 4.47. The highest BCUT2D eigenvalue weighted by molar-refractivity contribution is 7.99. The predicted octanol–water partition coefficient (Wildman–Crippen LogP) is 4.53. The highest BCUT2D eigenvalue weighted by Gasteiger charge is 2.18. The number of hydrogen-bond donors (Lipinski definition) is 0. The number of carbonyl (C=O) groups excluding carboxylic acids is 1. The van der Waals surface area contributed by atoms with E-state index in [1.165, 1.54) is 24.6 Å². The van der Waals surface area contributed by atoms with Gasteiger partial charge in [0.25, 0.3) is 5.56 Å². The van der Waals surface area contributed by atoms with E-state index < -0.39 is 0 Å². The second kappa shape index (κ2) is 9.01. The fraction of sp³-hybridized carbons (Fsp3) is 0.318. The van der Waals surface area contributed by atoms with Crippen molar-refractivity contribution in [3.05, 3.63) is 63.9 Å². The van der Waals surface area contributed by atoms with Crippen molar-refractivity contribution in [3.63, 3.8) is 0 Å².